The van der Waals surface area contributed by atoms with E-state index in [-0.39, 0.29) is 11.7 Å². The third-order valence-corrected chi connectivity index (χ3v) is 4.33. The molecule has 2 aromatic carbocycles. The molecular formula is C22H22N2O4. The average Bonchev–Trinajstić information content (AvgIpc) is 3.12. The van der Waals surface area contributed by atoms with Gasteiger partial charge < -0.3 is 15.0 Å². The second-order valence-electron chi connectivity index (χ2n) is 6.56. The molecule has 1 amide bonds. The van der Waals surface area contributed by atoms with Gasteiger partial charge in [-0.25, -0.2) is 4.79 Å². The number of hydrogen-bond acceptors (Lipinski definition) is 4. The number of H-pyrrole nitrogens is 1. The van der Waals surface area contributed by atoms with Crippen molar-refractivity contribution in [1.29, 1.82) is 0 Å². The summed E-state index contributed by atoms with van der Waals surface area (Å²) in [6, 6.07) is 15.7. The lowest BCUT2D eigenvalue weighted by Crippen LogP contribution is -2.24. The summed E-state index contributed by atoms with van der Waals surface area (Å²) in [6.07, 6.45) is 0.280. The van der Waals surface area contributed by atoms with E-state index in [1.807, 2.05) is 31.2 Å². The highest BCUT2D eigenvalue weighted by Gasteiger charge is 2.21. The summed E-state index contributed by atoms with van der Waals surface area (Å²) in [4.78, 5) is 39.5. The van der Waals surface area contributed by atoms with Crippen LogP contribution in [0.5, 0.6) is 0 Å². The van der Waals surface area contributed by atoms with Gasteiger partial charge >= 0.3 is 5.97 Å². The van der Waals surface area contributed by atoms with Crippen molar-refractivity contribution in [2.45, 2.75) is 32.8 Å². The van der Waals surface area contributed by atoms with E-state index in [2.05, 4.69) is 10.3 Å². The lowest BCUT2D eigenvalue weighted by molar-refractivity contribution is -0.116. The van der Waals surface area contributed by atoms with Crippen molar-refractivity contribution >= 4 is 34.3 Å². The molecule has 1 heterocycles. The molecule has 0 bridgehead atoms. The lowest BCUT2D eigenvalue weighted by Gasteiger charge is -2.12. The fraction of sp³-hybridized carbons (Fsp3) is 0.227. The molecule has 1 unspecified atom stereocenters. The van der Waals surface area contributed by atoms with Crippen LogP contribution in [0.2, 0.25) is 0 Å². The zero-order valence-corrected chi connectivity index (χ0v) is 15.8. The third kappa shape index (κ3) is 4.46. The zero-order chi connectivity index (χ0) is 20.1. The van der Waals surface area contributed by atoms with E-state index < -0.39 is 12.1 Å². The van der Waals surface area contributed by atoms with Gasteiger partial charge in [-0.05, 0) is 49.7 Å². The molecule has 0 spiro atoms. The number of amides is 1. The Balaban J connectivity index is 1.63. The third-order valence-electron chi connectivity index (χ3n) is 4.33. The van der Waals surface area contributed by atoms with Gasteiger partial charge in [0, 0.05) is 28.6 Å². The minimum atomic E-state index is -0.931. The summed E-state index contributed by atoms with van der Waals surface area (Å²) in [6.45, 7) is 3.47. The molecule has 3 aromatic rings. The average molecular weight is 378 g/mol. The smallest absolute Gasteiger partial charge is 0.355 e. The van der Waals surface area contributed by atoms with Crippen molar-refractivity contribution in [3.8, 4) is 0 Å². The van der Waals surface area contributed by atoms with Crippen LogP contribution in [0.4, 0.5) is 5.69 Å². The fourth-order valence-corrected chi connectivity index (χ4v) is 2.86. The number of anilines is 1. The second-order valence-corrected chi connectivity index (χ2v) is 6.56. The number of hydrogen-bond donors (Lipinski definition) is 2. The SMILES string of the molecule is CCCC(=O)Nc1ccc(C(=O)C(C)OC(=O)c2cc3ccccc3[nH]2)cc1. The van der Waals surface area contributed by atoms with E-state index in [0.29, 0.717) is 23.4 Å². The molecule has 0 aliphatic rings. The predicted octanol–water partition coefficient (Wildman–Crippen LogP) is 4.33. The first kappa shape index (κ1) is 19.4. The molecule has 1 aromatic heterocycles. The van der Waals surface area contributed by atoms with Crippen molar-refractivity contribution in [3.05, 3.63) is 65.9 Å². The van der Waals surface area contributed by atoms with Crippen molar-refractivity contribution in [2.24, 2.45) is 0 Å². The molecule has 3 rings (SSSR count). The molecule has 0 saturated carbocycles. The second kappa shape index (κ2) is 8.52. The summed E-state index contributed by atoms with van der Waals surface area (Å²) in [7, 11) is 0. The predicted molar refractivity (Wildman–Crippen MR) is 107 cm³/mol. The van der Waals surface area contributed by atoms with Crippen LogP contribution in [0.1, 0.15) is 47.5 Å². The maximum Gasteiger partial charge on any atom is 0.355 e. The van der Waals surface area contributed by atoms with Crippen LogP contribution in [0.3, 0.4) is 0 Å². The Morgan fingerprint density at radius 2 is 1.79 bits per heavy atom. The van der Waals surface area contributed by atoms with Crippen LogP contribution in [0.15, 0.2) is 54.6 Å². The largest absolute Gasteiger partial charge is 0.450 e. The minimum absolute atomic E-state index is 0.0674. The number of aromatic amines is 1. The van der Waals surface area contributed by atoms with Crippen LogP contribution >= 0.6 is 0 Å². The van der Waals surface area contributed by atoms with Crippen molar-refractivity contribution in [3.63, 3.8) is 0 Å². The Morgan fingerprint density at radius 1 is 1.07 bits per heavy atom. The number of fused-ring (bicyclic) bond motifs is 1. The van der Waals surface area contributed by atoms with E-state index >= 15 is 0 Å². The highest BCUT2D eigenvalue weighted by Crippen LogP contribution is 2.17. The number of carbonyl (C=O) groups excluding carboxylic acids is 3. The number of rotatable bonds is 7. The quantitative estimate of drug-likeness (QED) is 0.473. The molecule has 0 fully saturated rings. The van der Waals surface area contributed by atoms with Gasteiger partial charge in [0.25, 0.3) is 0 Å². The maximum absolute atomic E-state index is 12.5. The molecule has 1 atom stereocenters. The Morgan fingerprint density at radius 3 is 2.46 bits per heavy atom. The van der Waals surface area contributed by atoms with E-state index in [4.69, 9.17) is 4.74 Å². The Labute approximate surface area is 162 Å². The molecule has 28 heavy (non-hydrogen) atoms. The van der Waals surface area contributed by atoms with Gasteiger partial charge in [-0.15, -0.1) is 0 Å². The van der Waals surface area contributed by atoms with E-state index in [0.717, 1.165) is 17.3 Å². The standard InChI is InChI=1S/C22H22N2O4/c1-3-6-20(25)23-17-11-9-15(10-12-17)21(26)14(2)28-22(27)19-13-16-7-4-5-8-18(16)24-19/h4-5,7-14,24H,3,6H2,1-2H3,(H,23,25). The van der Waals surface area contributed by atoms with Gasteiger partial charge in [0.15, 0.2) is 6.10 Å². The molecule has 0 aliphatic carbocycles. The molecule has 0 radical (unpaired) electrons. The monoisotopic (exact) mass is 378 g/mol. The molecule has 2 N–H and O–H groups in total. The number of carbonyl (C=O) groups is 3. The fourth-order valence-electron chi connectivity index (χ4n) is 2.86. The number of Topliss-reactive ketones (excluding diaryl/α,β-unsaturated/α-hetero) is 1. The van der Waals surface area contributed by atoms with Crippen LogP contribution in [-0.2, 0) is 9.53 Å². The van der Waals surface area contributed by atoms with Gasteiger partial charge in [0.2, 0.25) is 11.7 Å². The number of ketones is 1. The Kier molecular flexibility index (Phi) is 5.89. The Bertz CT molecular complexity index is 972. The van der Waals surface area contributed by atoms with Gasteiger partial charge in [0.05, 0.1) is 0 Å². The summed E-state index contributed by atoms with van der Waals surface area (Å²) in [5, 5.41) is 3.66. The van der Waals surface area contributed by atoms with E-state index in [9.17, 15) is 14.4 Å². The van der Waals surface area contributed by atoms with Crippen LogP contribution in [-0.4, -0.2) is 28.7 Å². The number of aromatic nitrogens is 1. The number of ether oxygens (including phenoxy) is 1. The van der Waals surface area contributed by atoms with Gasteiger partial charge in [-0.2, -0.15) is 0 Å². The highest BCUT2D eigenvalue weighted by molar-refractivity contribution is 6.02. The van der Waals surface area contributed by atoms with Crippen LogP contribution in [0.25, 0.3) is 10.9 Å². The lowest BCUT2D eigenvalue weighted by atomic mass is 10.1. The first-order valence-corrected chi connectivity index (χ1v) is 9.20. The van der Waals surface area contributed by atoms with E-state index in [1.54, 1.807) is 37.3 Å². The number of para-hydroxylation sites is 1. The van der Waals surface area contributed by atoms with Crippen molar-refractivity contribution < 1.29 is 19.1 Å². The molecule has 0 aliphatic heterocycles. The normalized spacial score (nSPS) is 11.8. The first-order valence-electron chi connectivity index (χ1n) is 9.20. The van der Waals surface area contributed by atoms with Crippen molar-refractivity contribution in [2.75, 3.05) is 5.32 Å². The summed E-state index contributed by atoms with van der Waals surface area (Å²) in [5.74, 6) is -0.960. The first-order chi connectivity index (χ1) is 13.5. The Hall–Kier alpha value is -3.41. The number of esters is 1. The maximum atomic E-state index is 12.5. The molecule has 0 saturated heterocycles. The molecular weight excluding hydrogens is 356 g/mol. The molecule has 6 nitrogen and oxygen atoms in total. The highest BCUT2D eigenvalue weighted by atomic mass is 16.5. The van der Waals surface area contributed by atoms with Crippen molar-refractivity contribution in [1.82, 2.24) is 4.98 Å². The summed E-state index contributed by atoms with van der Waals surface area (Å²) >= 11 is 0. The van der Waals surface area contributed by atoms with Gasteiger partial charge in [-0.1, -0.05) is 25.1 Å². The summed E-state index contributed by atoms with van der Waals surface area (Å²) in [5.41, 5.74) is 2.16. The van der Waals surface area contributed by atoms with Crippen LogP contribution < -0.4 is 5.32 Å². The molecule has 6 heteroatoms. The van der Waals surface area contributed by atoms with Gasteiger partial charge in [0.1, 0.15) is 5.69 Å². The van der Waals surface area contributed by atoms with Gasteiger partial charge in [-0.3, -0.25) is 9.59 Å². The minimum Gasteiger partial charge on any atom is -0.450 e. The summed E-state index contributed by atoms with van der Waals surface area (Å²) < 4.78 is 5.32. The molecule has 144 valence electrons. The topological polar surface area (TPSA) is 88.3 Å². The number of benzene rings is 2. The van der Waals surface area contributed by atoms with Crippen LogP contribution in [0, 0.1) is 0 Å². The number of nitrogens with one attached hydrogen (secondary N) is 2. The zero-order valence-electron chi connectivity index (χ0n) is 15.8. The van der Waals surface area contributed by atoms with E-state index in [1.165, 1.54) is 0 Å².